The predicted molar refractivity (Wildman–Crippen MR) is 101 cm³/mol. The first-order valence-electron chi connectivity index (χ1n) is 8.06. The minimum Gasteiger partial charge on any atom is -0.377 e. The maximum atomic E-state index is 12.7. The van der Waals surface area contributed by atoms with Crippen molar-refractivity contribution in [1.82, 2.24) is 19.1 Å². The molecule has 0 aliphatic heterocycles. The number of nitrogens with zero attached hydrogens (tertiary/aromatic N) is 4. The summed E-state index contributed by atoms with van der Waals surface area (Å²) in [4.78, 5) is 33.7. The minimum absolute atomic E-state index is 0.206. The third kappa shape index (κ3) is 3.42. The highest BCUT2D eigenvalue weighted by molar-refractivity contribution is 7.98. The highest BCUT2D eigenvalue weighted by Gasteiger charge is 2.17. The fourth-order valence-corrected chi connectivity index (χ4v) is 3.59. The Kier molecular flexibility index (Phi) is 5.24. The van der Waals surface area contributed by atoms with E-state index >= 15 is 0 Å². The van der Waals surface area contributed by atoms with Gasteiger partial charge in [0.15, 0.2) is 11.5 Å². The van der Waals surface area contributed by atoms with Crippen molar-refractivity contribution in [2.24, 2.45) is 14.1 Å². The maximum Gasteiger partial charge on any atom is 0.332 e. The monoisotopic (exact) mass is 372 g/mol. The number of hydrogen-bond acceptors (Lipinski definition) is 6. The summed E-state index contributed by atoms with van der Waals surface area (Å²) < 4.78 is 7.58. The van der Waals surface area contributed by atoms with Crippen LogP contribution in [0.4, 0.5) is 0 Å². The first-order valence-corrected chi connectivity index (χ1v) is 9.05. The molecule has 0 radical (unpaired) electrons. The maximum absolute atomic E-state index is 12.7. The van der Waals surface area contributed by atoms with Crippen molar-refractivity contribution in [2.45, 2.75) is 24.3 Å². The number of rotatable bonds is 5. The smallest absolute Gasteiger partial charge is 0.332 e. The molecule has 0 aliphatic carbocycles. The van der Waals surface area contributed by atoms with Crippen LogP contribution in [0.15, 0.2) is 38.9 Å². The van der Waals surface area contributed by atoms with E-state index in [1.54, 1.807) is 14.2 Å². The van der Waals surface area contributed by atoms with Crippen molar-refractivity contribution >= 4 is 22.8 Å². The number of thioether (sulfide) groups is 1. The van der Waals surface area contributed by atoms with Crippen LogP contribution in [-0.2, 0) is 31.2 Å². The molecule has 0 spiro atoms. The van der Waals surface area contributed by atoms with Crippen LogP contribution in [0.1, 0.15) is 17.0 Å². The topological polar surface area (TPSA) is 79.0 Å². The molecule has 8 heteroatoms. The fourth-order valence-electron chi connectivity index (χ4n) is 2.61. The second-order valence-corrected chi connectivity index (χ2v) is 7.02. The quantitative estimate of drug-likeness (QED) is 0.502. The summed E-state index contributed by atoms with van der Waals surface area (Å²) in [5.74, 6) is 1.10. The van der Waals surface area contributed by atoms with Crippen LogP contribution in [-0.4, -0.2) is 26.2 Å². The van der Waals surface area contributed by atoms with Crippen molar-refractivity contribution in [3.05, 3.63) is 62.1 Å². The van der Waals surface area contributed by atoms with E-state index < -0.39 is 11.2 Å². The van der Waals surface area contributed by atoms with Gasteiger partial charge in [-0.1, -0.05) is 29.8 Å². The average Bonchev–Trinajstić information content (AvgIpc) is 2.64. The van der Waals surface area contributed by atoms with E-state index in [9.17, 15) is 9.59 Å². The van der Waals surface area contributed by atoms with Gasteiger partial charge in [-0.2, -0.15) is 0 Å². The Balaban J connectivity index is 2.14. The fraction of sp³-hybridized carbons (Fsp3) is 0.333. The number of aryl methyl sites for hydroxylation is 2. The van der Waals surface area contributed by atoms with E-state index in [1.165, 1.54) is 28.9 Å². The van der Waals surface area contributed by atoms with Crippen LogP contribution >= 0.6 is 11.8 Å². The molecular weight excluding hydrogens is 352 g/mol. The van der Waals surface area contributed by atoms with E-state index in [0.717, 1.165) is 10.1 Å². The van der Waals surface area contributed by atoms with Crippen LogP contribution in [0.2, 0.25) is 0 Å². The van der Waals surface area contributed by atoms with Gasteiger partial charge in [-0.05, 0) is 12.5 Å². The van der Waals surface area contributed by atoms with E-state index in [-0.39, 0.29) is 6.61 Å². The van der Waals surface area contributed by atoms with Gasteiger partial charge in [-0.3, -0.25) is 13.9 Å². The molecule has 2 heterocycles. The Morgan fingerprint density at radius 1 is 1.08 bits per heavy atom. The van der Waals surface area contributed by atoms with Gasteiger partial charge >= 0.3 is 5.69 Å². The molecule has 1 aromatic carbocycles. The highest BCUT2D eigenvalue weighted by Crippen LogP contribution is 2.26. The van der Waals surface area contributed by atoms with Crippen LogP contribution in [0.5, 0.6) is 0 Å². The Bertz CT molecular complexity index is 1070. The van der Waals surface area contributed by atoms with Crippen molar-refractivity contribution < 1.29 is 4.74 Å². The van der Waals surface area contributed by atoms with Gasteiger partial charge in [0.2, 0.25) is 0 Å². The lowest BCUT2D eigenvalue weighted by Crippen LogP contribution is -2.37. The molecule has 0 fully saturated rings. The lowest BCUT2D eigenvalue weighted by molar-refractivity contribution is 0.177. The predicted octanol–water partition coefficient (Wildman–Crippen LogP) is 1.77. The lowest BCUT2D eigenvalue weighted by atomic mass is 10.2. The molecular formula is C18H20N4O3S. The van der Waals surface area contributed by atoms with Gasteiger partial charge in [-0.25, -0.2) is 14.8 Å². The SMILES string of the molecule is COCc1nc(SCc2ccc(C)cc2)c2c(=O)n(C)c(=O)n(C)c2n1. The summed E-state index contributed by atoms with van der Waals surface area (Å²) in [7, 11) is 4.61. The summed E-state index contributed by atoms with van der Waals surface area (Å²) in [5, 5.41) is 0.908. The summed E-state index contributed by atoms with van der Waals surface area (Å²) in [6.45, 7) is 2.24. The standard InChI is InChI=1S/C18H20N4O3S/c1-11-5-7-12(8-6-11)10-26-16-14-15(19-13(20-16)9-25-4)21(2)18(24)22(3)17(14)23/h5-8H,9-10H2,1-4H3. The molecule has 0 amide bonds. The summed E-state index contributed by atoms with van der Waals surface area (Å²) in [6, 6.07) is 8.20. The van der Waals surface area contributed by atoms with E-state index in [4.69, 9.17) is 4.74 Å². The van der Waals surface area contributed by atoms with Crippen molar-refractivity contribution in [1.29, 1.82) is 0 Å². The second kappa shape index (κ2) is 7.43. The molecule has 136 valence electrons. The van der Waals surface area contributed by atoms with Crippen molar-refractivity contribution in [2.75, 3.05) is 7.11 Å². The molecule has 0 bridgehead atoms. The third-order valence-electron chi connectivity index (χ3n) is 4.08. The van der Waals surface area contributed by atoms with Crippen LogP contribution in [0.3, 0.4) is 0 Å². The van der Waals surface area contributed by atoms with Gasteiger partial charge in [-0.15, -0.1) is 11.8 Å². The first kappa shape index (κ1) is 18.3. The van der Waals surface area contributed by atoms with Gasteiger partial charge < -0.3 is 4.74 Å². The molecule has 7 nitrogen and oxygen atoms in total. The molecule has 3 rings (SSSR count). The third-order valence-corrected chi connectivity index (χ3v) is 5.13. The minimum atomic E-state index is -0.418. The number of aromatic nitrogens is 4. The Morgan fingerprint density at radius 2 is 1.77 bits per heavy atom. The number of methoxy groups -OCH3 is 1. The molecule has 0 saturated carbocycles. The summed E-state index contributed by atoms with van der Waals surface area (Å²) in [5.41, 5.74) is 1.84. The van der Waals surface area contributed by atoms with E-state index in [1.807, 2.05) is 19.1 Å². The highest BCUT2D eigenvalue weighted by atomic mass is 32.2. The lowest BCUT2D eigenvalue weighted by Gasteiger charge is -2.11. The number of fused-ring (bicyclic) bond motifs is 1. The zero-order valence-corrected chi connectivity index (χ0v) is 16.0. The summed E-state index contributed by atoms with van der Waals surface area (Å²) in [6.07, 6.45) is 0. The molecule has 3 aromatic rings. The molecule has 0 N–H and O–H groups in total. The van der Waals surface area contributed by atoms with Crippen molar-refractivity contribution in [3.8, 4) is 0 Å². The zero-order valence-electron chi connectivity index (χ0n) is 15.1. The normalized spacial score (nSPS) is 11.2. The van der Waals surface area contributed by atoms with Crippen molar-refractivity contribution in [3.63, 3.8) is 0 Å². The number of ether oxygens (including phenoxy) is 1. The number of hydrogen-bond donors (Lipinski definition) is 0. The van der Waals surface area contributed by atoms with Crippen LogP contribution < -0.4 is 11.2 Å². The Hall–Kier alpha value is -2.45. The molecule has 0 unspecified atom stereocenters. The average molecular weight is 372 g/mol. The molecule has 0 saturated heterocycles. The Labute approximate surface area is 154 Å². The first-order chi connectivity index (χ1) is 12.4. The summed E-state index contributed by atoms with van der Waals surface area (Å²) >= 11 is 1.45. The van der Waals surface area contributed by atoms with E-state index in [0.29, 0.717) is 27.6 Å². The zero-order chi connectivity index (χ0) is 18.8. The Morgan fingerprint density at radius 3 is 2.42 bits per heavy atom. The van der Waals surface area contributed by atoms with Crippen LogP contribution in [0.25, 0.3) is 11.0 Å². The van der Waals surface area contributed by atoms with Gasteiger partial charge in [0.25, 0.3) is 5.56 Å². The van der Waals surface area contributed by atoms with Gasteiger partial charge in [0.1, 0.15) is 17.0 Å². The largest absolute Gasteiger partial charge is 0.377 e. The van der Waals surface area contributed by atoms with Gasteiger partial charge in [0, 0.05) is 27.0 Å². The molecule has 0 atom stereocenters. The second-order valence-electron chi connectivity index (χ2n) is 6.06. The van der Waals surface area contributed by atoms with Gasteiger partial charge in [0.05, 0.1) is 0 Å². The number of benzene rings is 1. The van der Waals surface area contributed by atoms with Crippen LogP contribution in [0, 0.1) is 6.92 Å². The van der Waals surface area contributed by atoms with E-state index in [2.05, 4.69) is 22.1 Å². The molecule has 0 aliphatic rings. The molecule has 26 heavy (non-hydrogen) atoms. The molecule has 2 aromatic heterocycles.